The van der Waals surface area contributed by atoms with Gasteiger partial charge in [-0.15, -0.1) is 0 Å². The molecule has 0 bridgehead atoms. The Balaban J connectivity index is 0.000000218. The second-order valence-corrected chi connectivity index (χ2v) is 18.5. The van der Waals surface area contributed by atoms with E-state index in [0.29, 0.717) is 24.2 Å². The fourth-order valence-corrected chi connectivity index (χ4v) is 9.01. The molecule has 6 rings (SSSR count). The molecule has 12 nitrogen and oxygen atoms in total. The monoisotopic (exact) mass is 790 g/mol. The van der Waals surface area contributed by atoms with Gasteiger partial charge >= 0.3 is 24.1 Å². The van der Waals surface area contributed by atoms with Crippen molar-refractivity contribution in [2.45, 2.75) is 142 Å². The maximum Gasteiger partial charge on any atom is 0.410 e. The number of methoxy groups -OCH3 is 1. The van der Waals surface area contributed by atoms with E-state index in [-0.39, 0.29) is 29.2 Å². The zero-order chi connectivity index (χ0) is 41.8. The van der Waals surface area contributed by atoms with Gasteiger partial charge in [0.1, 0.15) is 11.2 Å². The molecule has 0 radical (unpaired) electrons. The van der Waals surface area contributed by atoms with Gasteiger partial charge in [0, 0.05) is 50.3 Å². The Morgan fingerprint density at radius 3 is 1.37 bits per heavy atom. The quantitative estimate of drug-likeness (QED) is 0.226. The van der Waals surface area contributed by atoms with Gasteiger partial charge in [0.2, 0.25) is 0 Å². The highest BCUT2D eigenvalue weighted by Gasteiger charge is 2.45. The largest absolute Gasteiger partial charge is 0.478 e. The molecule has 4 saturated heterocycles. The van der Waals surface area contributed by atoms with E-state index in [1.165, 1.54) is 13.5 Å². The van der Waals surface area contributed by atoms with E-state index in [4.69, 9.17) is 14.2 Å². The van der Waals surface area contributed by atoms with Crippen LogP contribution in [0.4, 0.5) is 9.59 Å². The van der Waals surface area contributed by atoms with E-state index in [2.05, 4.69) is 15.9 Å². The number of amides is 2. The number of carboxylic acids is 1. The summed E-state index contributed by atoms with van der Waals surface area (Å²) in [6.45, 7) is 21.7. The number of carbonyl (C=O) groups is 4. The SMILES string of the molecule is COC(=O)c1cc(CN2CCCC23CCN(C(=O)OC(C)(C)C)CC3)ccc1C.Cc1ccc(CN2CCCC23CCN(C(=O)OC(C)(C)C)CC3)cc1C(=O)O. The lowest BCUT2D eigenvalue weighted by atomic mass is 9.84. The standard InChI is InChI=1S/C23H34N2O4.C22H32N2O4/c1-17-7-8-18(15-19(17)20(26)28-5)16-25-12-6-9-23(25)10-13-24(14-11-23)21(27)29-22(2,3)4;1-16-6-7-17(14-18(16)19(25)26)15-24-11-5-8-22(24)9-12-23(13-10-22)20(27)28-21(2,3)4/h7-8,15H,6,9-14,16H2,1-5H3;6-7,14H,5,8-13,15H2,1-4H3,(H,25,26). The summed E-state index contributed by atoms with van der Waals surface area (Å²) in [6.07, 6.45) is 7.96. The lowest BCUT2D eigenvalue weighted by molar-refractivity contribution is 0.000718. The number of piperidine rings is 2. The average Bonchev–Trinajstić information content (AvgIpc) is 3.70. The van der Waals surface area contributed by atoms with Crippen molar-refractivity contribution in [2.24, 2.45) is 0 Å². The molecular formula is C45H66N4O8. The van der Waals surface area contributed by atoms with Gasteiger partial charge in [0.25, 0.3) is 0 Å². The summed E-state index contributed by atoms with van der Waals surface area (Å²) < 4.78 is 16.0. The zero-order valence-electron chi connectivity index (χ0n) is 35.9. The van der Waals surface area contributed by atoms with Crippen LogP contribution in [0.15, 0.2) is 36.4 Å². The number of aryl methyl sites for hydroxylation is 2. The van der Waals surface area contributed by atoms with E-state index in [1.807, 2.05) is 89.5 Å². The molecule has 57 heavy (non-hydrogen) atoms. The van der Waals surface area contributed by atoms with Gasteiger partial charge in [-0.2, -0.15) is 0 Å². The van der Waals surface area contributed by atoms with E-state index >= 15 is 0 Å². The van der Waals surface area contributed by atoms with Crippen LogP contribution < -0.4 is 0 Å². The molecule has 12 heteroatoms. The molecule has 4 aliphatic heterocycles. The van der Waals surface area contributed by atoms with Gasteiger partial charge in [0.05, 0.1) is 18.2 Å². The molecule has 0 atom stereocenters. The summed E-state index contributed by atoms with van der Waals surface area (Å²) in [4.78, 5) is 56.9. The number of hydrogen-bond acceptors (Lipinski definition) is 9. The molecule has 314 valence electrons. The summed E-state index contributed by atoms with van der Waals surface area (Å²) in [5.41, 5.74) is 4.21. The molecule has 4 heterocycles. The summed E-state index contributed by atoms with van der Waals surface area (Å²) in [7, 11) is 1.42. The Hall–Kier alpha value is -4.16. The molecule has 4 aliphatic rings. The van der Waals surface area contributed by atoms with Crippen LogP contribution in [0.25, 0.3) is 0 Å². The number of carboxylic acid groups (broad SMARTS) is 1. The molecule has 2 amide bonds. The predicted octanol–water partition coefficient (Wildman–Crippen LogP) is 8.21. The molecule has 2 aromatic rings. The number of likely N-dealkylation sites (tertiary alicyclic amines) is 4. The highest BCUT2D eigenvalue weighted by molar-refractivity contribution is 5.91. The summed E-state index contributed by atoms with van der Waals surface area (Å²) in [6, 6.07) is 11.8. The van der Waals surface area contributed by atoms with Crippen LogP contribution in [0.5, 0.6) is 0 Å². The fraction of sp³-hybridized carbons (Fsp3) is 0.644. The molecule has 0 aromatic heterocycles. The van der Waals surface area contributed by atoms with Gasteiger partial charge in [0.15, 0.2) is 0 Å². The van der Waals surface area contributed by atoms with Gasteiger partial charge in [-0.05, 0) is 154 Å². The number of benzene rings is 2. The first-order valence-corrected chi connectivity index (χ1v) is 20.7. The minimum Gasteiger partial charge on any atom is -0.478 e. The lowest BCUT2D eigenvalue weighted by Crippen LogP contribution is -2.53. The van der Waals surface area contributed by atoms with Crippen molar-refractivity contribution in [3.63, 3.8) is 0 Å². The number of esters is 1. The third-order valence-electron chi connectivity index (χ3n) is 12.2. The molecule has 2 aromatic carbocycles. The van der Waals surface area contributed by atoms with Crippen LogP contribution in [0.3, 0.4) is 0 Å². The van der Waals surface area contributed by atoms with Crippen LogP contribution in [0.1, 0.15) is 136 Å². The van der Waals surface area contributed by atoms with Gasteiger partial charge in [-0.1, -0.05) is 24.3 Å². The Morgan fingerprint density at radius 2 is 1.00 bits per heavy atom. The van der Waals surface area contributed by atoms with Gasteiger partial charge in [-0.25, -0.2) is 19.2 Å². The normalized spacial score (nSPS) is 19.6. The minimum atomic E-state index is -0.874. The van der Waals surface area contributed by atoms with Crippen molar-refractivity contribution in [3.8, 4) is 0 Å². The van der Waals surface area contributed by atoms with Crippen LogP contribution >= 0.6 is 0 Å². The Kier molecular flexibility index (Phi) is 13.7. The number of hydrogen-bond donors (Lipinski definition) is 1. The number of ether oxygens (including phenoxy) is 3. The van der Waals surface area contributed by atoms with Crippen LogP contribution in [0, 0.1) is 13.8 Å². The molecule has 2 spiro atoms. The topological polar surface area (TPSA) is 129 Å². The molecular weight excluding hydrogens is 725 g/mol. The molecule has 4 fully saturated rings. The van der Waals surface area contributed by atoms with Gasteiger partial charge in [-0.3, -0.25) is 9.80 Å². The Morgan fingerprint density at radius 1 is 0.614 bits per heavy atom. The van der Waals surface area contributed by atoms with Crippen molar-refractivity contribution in [3.05, 3.63) is 69.8 Å². The maximum atomic E-state index is 12.4. The summed E-state index contributed by atoms with van der Waals surface area (Å²) in [5, 5.41) is 9.39. The van der Waals surface area contributed by atoms with Crippen LogP contribution in [0.2, 0.25) is 0 Å². The highest BCUT2D eigenvalue weighted by Crippen LogP contribution is 2.41. The van der Waals surface area contributed by atoms with E-state index < -0.39 is 17.2 Å². The minimum absolute atomic E-state index is 0.104. The van der Waals surface area contributed by atoms with E-state index in [1.54, 1.807) is 6.07 Å². The van der Waals surface area contributed by atoms with Crippen LogP contribution in [-0.2, 0) is 27.3 Å². The second kappa shape index (κ2) is 17.8. The third-order valence-corrected chi connectivity index (χ3v) is 12.2. The van der Waals surface area contributed by atoms with Crippen molar-refractivity contribution >= 4 is 24.1 Å². The predicted molar refractivity (Wildman–Crippen MR) is 219 cm³/mol. The third kappa shape index (κ3) is 11.1. The number of nitrogens with zero attached hydrogens (tertiary/aromatic N) is 4. The highest BCUT2D eigenvalue weighted by atomic mass is 16.6. The molecule has 0 saturated carbocycles. The number of aromatic carboxylic acids is 1. The van der Waals surface area contributed by atoms with E-state index in [9.17, 15) is 24.3 Å². The Bertz CT molecular complexity index is 1760. The van der Waals surface area contributed by atoms with Crippen molar-refractivity contribution < 1.29 is 38.5 Å². The fourth-order valence-electron chi connectivity index (χ4n) is 9.01. The van der Waals surface area contributed by atoms with Crippen molar-refractivity contribution in [1.29, 1.82) is 0 Å². The molecule has 1 N–H and O–H groups in total. The summed E-state index contributed by atoms with van der Waals surface area (Å²) >= 11 is 0. The lowest BCUT2D eigenvalue weighted by Gasteiger charge is -2.45. The Labute approximate surface area is 339 Å². The van der Waals surface area contributed by atoms with Crippen molar-refractivity contribution in [1.82, 2.24) is 19.6 Å². The first kappa shape index (κ1) is 44.0. The number of rotatable bonds is 6. The first-order chi connectivity index (χ1) is 26.7. The van der Waals surface area contributed by atoms with Crippen molar-refractivity contribution in [2.75, 3.05) is 46.4 Å². The first-order valence-electron chi connectivity index (χ1n) is 20.7. The van der Waals surface area contributed by atoms with Gasteiger partial charge < -0.3 is 29.1 Å². The average molecular weight is 791 g/mol. The van der Waals surface area contributed by atoms with E-state index in [0.717, 1.165) is 106 Å². The number of carbonyl (C=O) groups excluding carboxylic acids is 3. The molecule has 0 aliphatic carbocycles. The maximum absolute atomic E-state index is 12.4. The second-order valence-electron chi connectivity index (χ2n) is 18.5. The molecule has 0 unspecified atom stereocenters. The zero-order valence-corrected chi connectivity index (χ0v) is 35.9. The van der Waals surface area contributed by atoms with Crippen LogP contribution in [-0.4, -0.2) is 117 Å². The summed E-state index contributed by atoms with van der Waals surface area (Å²) in [5.74, 6) is -1.16. The smallest absolute Gasteiger partial charge is 0.410 e.